The number of carbonyl (C=O) groups is 1. The molecule has 108 valence electrons. The van der Waals surface area contributed by atoms with Gasteiger partial charge in [-0.15, -0.1) is 0 Å². The van der Waals surface area contributed by atoms with E-state index in [1.54, 1.807) is 0 Å². The topological polar surface area (TPSA) is 90.3 Å². The van der Waals surface area contributed by atoms with Gasteiger partial charge in [0.15, 0.2) is 0 Å². The Morgan fingerprint density at radius 2 is 2.10 bits per heavy atom. The summed E-state index contributed by atoms with van der Waals surface area (Å²) in [5.74, 6) is -0.919. The summed E-state index contributed by atoms with van der Waals surface area (Å²) in [7, 11) is -4.18. The first-order valence-electron chi connectivity index (χ1n) is 5.84. The summed E-state index contributed by atoms with van der Waals surface area (Å²) >= 11 is 0. The number of hydrogen-bond donors (Lipinski definition) is 2. The van der Waals surface area contributed by atoms with Crippen molar-refractivity contribution in [2.75, 3.05) is 6.54 Å². The molecule has 1 unspecified atom stereocenters. The molecule has 0 aromatic carbocycles. The molecule has 0 aromatic rings. The second kappa shape index (κ2) is 4.55. The van der Waals surface area contributed by atoms with Crippen LogP contribution in [0.25, 0.3) is 0 Å². The van der Waals surface area contributed by atoms with E-state index in [9.17, 15) is 17.6 Å². The Morgan fingerprint density at radius 3 is 2.65 bits per heavy atom. The van der Waals surface area contributed by atoms with Gasteiger partial charge in [-0.1, -0.05) is 6.08 Å². The quantitative estimate of drug-likeness (QED) is 0.808. The molecule has 0 spiro atoms. The van der Waals surface area contributed by atoms with E-state index in [-0.39, 0.29) is 17.8 Å². The molecule has 0 saturated heterocycles. The lowest BCUT2D eigenvalue weighted by molar-refractivity contribution is 0.230. The number of amides is 2. The second-order valence-electron chi connectivity index (χ2n) is 4.75. The normalized spacial score (nSPS) is 27.1. The number of rotatable bonds is 2. The maximum Gasteiger partial charge on any atom is 0.335 e. The third-order valence-corrected chi connectivity index (χ3v) is 5.33. The molecule has 0 radical (unpaired) electrons. The molecule has 2 aliphatic rings. The zero-order valence-corrected chi connectivity index (χ0v) is 11.8. The summed E-state index contributed by atoms with van der Waals surface area (Å²) in [5.41, 5.74) is -0.145. The summed E-state index contributed by atoms with van der Waals surface area (Å²) in [6, 6.07) is -0.783. The molecule has 2 rings (SSSR count). The Hall–Kier alpha value is -1.96. The number of hydrogen-bond acceptors (Lipinski definition) is 4. The van der Waals surface area contributed by atoms with Gasteiger partial charge in [0.2, 0.25) is 0 Å². The fourth-order valence-electron chi connectivity index (χ4n) is 2.05. The van der Waals surface area contributed by atoms with E-state index in [4.69, 9.17) is 5.41 Å². The second-order valence-corrected chi connectivity index (χ2v) is 6.97. The van der Waals surface area contributed by atoms with Crippen LogP contribution in [0, 0.1) is 5.41 Å². The molecule has 1 aliphatic heterocycles. The van der Waals surface area contributed by atoms with Crippen molar-refractivity contribution in [3.8, 4) is 0 Å². The van der Waals surface area contributed by atoms with Gasteiger partial charge >= 0.3 is 6.03 Å². The van der Waals surface area contributed by atoms with Gasteiger partial charge in [0.05, 0.1) is 5.71 Å². The Balaban J connectivity index is 2.54. The van der Waals surface area contributed by atoms with E-state index in [1.165, 1.54) is 26.0 Å². The fourth-order valence-corrected chi connectivity index (χ4v) is 3.58. The van der Waals surface area contributed by atoms with Crippen molar-refractivity contribution in [2.24, 2.45) is 0 Å². The van der Waals surface area contributed by atoms with Crippen LogP contribution in [0.5, 0.6) is 0 Å². The first-order chi connectivity index (χ1) is 9.19. The first kappa shape index (κ1) is 14.4. The summed E-state index contributed by atoms with van der Waals surface area (Å²) in [6.45, 7) is 2.98. The molecule has 2 N–H and O–H groups in total. The highest BCUT2D eigenvalue weighted by molar-refractivity contribution is 7.91. The predicted molar refractivity (Wildman–Crippen MR) is 72.4 cm³/mol. The number of urea groups is 1. The number of allylic oxidation sites excluding steroid dienone is 2. The first-order valence-corrected chi connectivity index (χ1v) is 7.28. The minimum absolute atomic E-state index is 0.206. The Bertz CT molecular complexity index is 654. The smallest absolute Gasteiger partial charge is 0.333 e. The van der Waals surface area contributed by atoms with Gasteiger partial charge in [0.25, 0.3) is 10.0 Å². The monoisotopic (exact) mass is 299 g/mol. The molecule has 1 aliphatic carbocycles. The van der Waals surface area contributed by atoms with Crippen molar-refractivity contribution in [3.63, 3.8) is 0 Å². The molecular formula is C12H14FN3O3S. The Morgan fingerprint density at radius 1 is 1.45 bits per heavy atom. The van der Waals surface area contributed by atoms with E-state index >= 15 is 0 Å². The van der Waals surface area contributed by atoms with Crippen molar-refractivity contribution in [1.29, 1.82) is 5.41 Å². The van der Waals surface area contributed by atoms with Crippen molar-refractivity contribution >= 4 is 21.8 Å². The Kier molecular flexibility index (Phi) is 3.29. The van der Waals surface area contributed by atoms with E-state index < -0.39 is 26.6 Å². The average molecular weight is 299 g/mol. The molecule has 0 bridgehead atoms. The van der Waals surface area contributed by atoms with Gasteiger partial charge in [-0.3, -0.25) is 5.41 Å². The van der Waals surface area contributed by atoms with E-state index in [0.717, 1.165) is 12.3 Å². The standard InChI is InChI=1S/C12H14FN3O3S/c1-8-6-12(2,7-9(13)10(8)14)20(18,19)16-5-3-4-15-11(16)17/h3,5-7,14H,4H2,1-2H3,(H,15,17). The molecule has 1 atom stereocenters. The molecule has 1 heterocycles. The number of nitrogens with zero attached hydrogens (tertiary/aromatic N) is 1. The van der Waals surface area contributed by atoms with Crippen LogP contribution in [0.4, 0.5) is 9.18 Å². The molecule has 6 nitrogen and oxygen atoms in total. The van der Waals surface area contributed by atoms with E-state index in [2.05, 4.69) is 5.32 Å². The molecular weight excluding hydrogens is 285 g/mol. The molecule has 2 amide bonds. The van der Waals surface area contributed by atoms with Gasteiger partial charge in [0, 0.05) is 12.7 Å². The van der Waals surface area contributed by atoms with Crippen LogP contribution in [0.1, 0.15) is 13.8 Å². The van der Waals surface area contributed by atoms with Gasteiger partial charge in [-0.05, 0) is 31.6 Å². The summed E-state index contributed by atoms with van der Waals surface area (Å²) in [5, 5.41) is 9.82. The number of carbonyl (C=O) groups excluding carboxylic acids is 1. The summed E-state index contributed by atoms with van der Waals surface area (Å²) in [6.07, 6.45) is 4.73. The van der Waals surface area contributed by atoms with Crippen LogP contribution in [0.15, 0.2) is 35.8 Å². The van der Waals surface area contributed by atoms with Crippen LogP contribution in [0.3, 0.4) is 0 Å². The van der Waals surface area contributed by atoms with Crippen molar-refractivity contribution in [3.05, 3.63) is 35.8 Å². The van der Waals surface area contributed by atoms with Crippen molar-refractivity contribution in [1.82, 2.24) is 9.62 Å². The molecule has 0 fully saturated rings. The minimum Gasteiger partial charge on any atom is -0.333 e. The largest absolute Gasteiger partial charge is 0.335 e. The number of halogens is 1. The van der Waals surface area contributed by atoms with Gasteiger partial charge in [0.1, 0.15) is 10.6 Å². The lowest BCUT2D eigenvalue weighted by Crippen LogP contribution is -2.50. The zero-order valence-electron chi connectivity index (χ0n) is 11.0. The molecule has 0 aromatic heterocycles. The number of nitrogens with one attached hydrogen (secondary N) is 2. The fraction of sp³-hybridized carbons (Fsp3) is 0.333. The highest BCUT2D eigenvalue weighted by Crippen LogP contribution is 2.33. The van der Waals surface area contributed by atoms with Crippen molar-refractivity contribution in [2.45, 2.75) is 18.6 Å². The van der Waals surface area contributed by atoms with E-state index in [1.807, 2.05) is 0 Å². The third-order valence-electron chi connectivity index (χ3n) is 3.18. The minimum atomic E-state index is -4.18. The maximum atomic E-state index is 13.7. The van der Waals surface area contributed by atoms with Gasteiger partial charge in [-0.2, -0.15) is 4.31 Å². The van der Waals surface area contributed by atoms with Crippen LogP contribution in [-0.4, -0.2) is 35.8 Å². The summed E-state index contributed by atoms with van der Waals surface area (Å²) < 4.78 is 37.7. The average Bonchev–Trinajstić information content (AvgIpc) is 2.36. The third kappa shape index (κ3) is 2.05. The molecule has 0 saturated carbocycles. The van der Waals surface area contributed by atoms with Crippen LogP contribution in [0.2, 0.25) is 0 Å². The number of sulfonamides is 1. The molecule has 8 heteroatoms. The van der Waals surface area contributed by atoms with Crippen LogP contribution >= 0.6 is 0 Å². The van der Waals surface area contributed by atoms with Crippen LogP contribution in [-0.2, 0) is 10.0 Å². The highest BCUT2D eigenvalue weighted by Gasteiger charge is 2.45. The van der Waals surface area contributed by atoms with Gasteiger partial charge < -0.3 is 5.32 Å². The molecule has 20 heavy (non-hydrogen) atoms. The summed E-state index contributed by atoms with van der Waals surface area (Å²) in [4.78, 5) is 11.7. The lowest BCUT2D eigenvalue weighted by Gasteiger charge is -2.32. The Labute approximate surface area is 116 Å². The van der Waals surface area contributed by atoms with Crippen molar-refractivity contribution < 1.29 is 17.6 Å². The van der Waals surface area contributed by atoms with Crippen LogP contribution < -0.4 is 5.32 Å². The SMILES string of the molecule is CC1=CC(C)(S(=O)(=O)N2C=CCNC2=O)C=C(F)C1=N. The zero-order chi connectivity index (χ0) is 15.1. The van der Waals surface area contributed by atoms with Gasteiger partial charge in [-0.25, -0.2) is 17.6 Å². The van der Waals surface area contributed by atoms with E-state index in [0.29, 0.717) is 4.31 Å². The predicted octanol–water partition coefficient (Wildman–Crippen LogP) is 1.45. The lowest BCUT2D eigenvalue weighted by atomic mass is 9.96. The maximum absolute atomic E-state index is 13.7. The highest BCUT2D eigenvalue weighted by atomic mass is 32.2.